The molecule has 1 radical (unpaired) electrons. The Labute approximate surface area is 58.3 Å². The lowest BCUT2D eigenvalue weighted by molar-refractivity contribution is 0.0695. The first-order chi connectivity index (χ1) is 4.72. The summed E-state index contributed by atoms with van der Waals surface area (Å²) in [5, 5.41) is 8.51. The minimum atomic E-state index is -0.945. The molecule has 0 aliphatic carbocycles. The van der Waals surface area contributed by atoms with Crippen molar-refractivity contribution in [2.45, 2.75) is 6.92 Å². The molecule has 1 heterocycles. The zero-order valence-electron chi connectivity index (χ0n) is 5.46. The van der Waals surface area contributed by atoms with Gasteiger partial charge in [-0.3, -0.25) is 4.98 Å². The number of hydrogen-bond acceptors (Lipinski definition) is 2. The Balaban J connectivity index is 3.15. The van der Waals surface area contributed by atoms with Gasteiger partial charge < -0.3 is 5.11 Å². The number of carbonyl (C=O) groups is 1. The van der Waals surface area contributed by atoms with Crippen molar-refractivity contribution in [3.63, 3.8) is 0 Å². The van der Waals surface area contributed by atoms with Gasteiger partial charge in [0.25, 0.3) is 0 Å². The third-order valence-electron chi connectivity index (χ3n) is 1.18. The van der Waals surface area contributed by atoms with E-state index in [1.54, 1.807) is 6.92 Å². The molecule has 1 aromatic rings. The Kier molecular flexibility index (Phi) is 1.67. The number of carboxylic acids is 1. The fourth-order valence-corrected chi connectivity index (χ4v) is 0.662. The summed E-state index contributed by atoms with van der Waals surface area (Å²) in [5.41, 5.74) is 0.730. The summed E-state index contributed by atoms with van der Waals surface area (Å²) in [6, 6.07) is 2.96. The molecule has 0 fully saturated rings. The van der Waals surface area contributed by atoms with E-state index in [1.807, 2.05) is 0 Å². The van der Waals surface area contributed by atoms with Gasteiger partial charge in [-0.1, -0.05) is 0 Å². The molecule has 0 bridgehead atoms. The summed E-state index contributed by atoms with van der Waals surface area (Å²) >= 11 is 0. The molecule has 3 heteroatoms. The van der Waals surface area contributed by atoms with E-state index in [-0.39, 0.29) is 5.56 Å². The van der Waals surface area contributed by atoms with Crippen LogP contribution in [0.3, 0.4) is 0 Å². The highest BCUT2D eigenvalue weighted by Crippen LogP contribution is 2.01. The van der Waals surface area contributed by atoms with Crippen molar-refractivity contribution in [1.82, 2.24) is 4.98 Å². The van der Waals surface area contributed by atoms with E-state index in [4.69, 9.17) is 5.11 Å². The summed E-state index contributed by atoms with van der Waals surface area (Å²) in [5.74, 6) is -0.945. The van der Waals surface area contributed by atoms with E-state index >= 15 is 0 Å². The van der Waals surface area contributed by atoms with Crippen molar-refractivity contribution in [2.75, 3.05) is 0 Å². The zero-order valence-corrected chi connectivity index (χ0v) is 5.46. The van der Waals surface area contributed by atoms with Gasteiger partial charge in [-0.2, -0.15) is 0 Å². The van der Waals surface area contributed by atoms with Crippen LogP contribution in [0.25, 0.3) is 0 Å². The Morgan fingerprint density at radius 3 is 2.90 bits per heavy atom. The number of nitrogens with zero attached hydrogens (tertiary/aromatic N) is 1. The molecule has 0 saturated carbocycles. The highest BCUT2D eigenvalue weighted by Gasteiger charge is 2.04. The van der Waals surface area contributed by atoms with Crippen LogP contribution in [0, 0.1) is 13.1 Å². The van der Waals surface area contributed by atoms with Gasteiger partial charge in [-0.25, -0.2) is 4.79 Å². The van der Waals surface area contributed by atoms with Gasteiger partial charge >= 0.3 is 5.97 Å². The summed E-state index contributed by atoms with van der Waals surface area (Å²) < 4.78 is 0. The first kappa shape index (κ1) is 6.74. The highest BCUT2D eigenvalue weighted by atomic mass is 16.4. The lowest BCUT2D eigenvalue weighted by Gasteiger charge is -1.94. The molecule has 0 aromatic carbocycles. The highest BCUT2D eigenvalue weighted by molar-refractivity contribution is 5.88. The van der Waals surface area contributed by atoms with Crippen LogP contribution in [0.4, 0.5) is 0 Å². The maximum atomic E-state index is 10.4. The Hall–Kier alpha value is -1.38. The average molecular weight is 136 g/mol. The number of aromatic carboxylic acids is 1. The fraction of sp³-hybridized carbons (Fsp3) is 0.143. The molecule has 0 aliphatic heterocycles. The molecule has 0 saturated heterocycles. The molecule has 0 aliphatic rings. The van der Waals surface area contributed by atoms with Crippen LogP contribution in [0.15, 0.2) is 12.1 Å². The maximum absolute atomic E-state index is 10.4. The molecule has 0 spiro atoms. The maximum Gasteiger partial charge on any atom is 0.337 e. The van der Waals surface area contributed by atoms with Crippen LogP contribution < -0.4 is 0 Å². The van der Waals surface area contributed by atoms with Gasteiger partial charge in [0.15, 0.2) is 0 Å². The zero-order chi connectivity index (χ0) is 7.56. The van der Waals surface area contributed by atoms with E-state index in [2.05, 4.69) is 11.2 Å². The largest absolute Gasteiger partial charge is 0.478 e. The molecule has 0 amide bonds. The van der Waals surface area contributed by atoms with Crippen molar-refractivity contribution in [3.05, 3.63) is 29.6 Å². The number of carboxylic acid groups (broad SMARTS) is 1. The Bertz CT molecular complexity index is 258. The summed E-state index contributed by atoms with van der Waals surface area (Å²) in [7, 11) is 0. The van der Waals surface area contributed by atoms with Crippen LogP contribution in [0.2, 0.25) is 0 Å². The lowest BCUT2D eigenvalue weighted by Crippen LogP contribution is -2.00. The van der Waals surface area contributed by atoms with Crippen LogP contribution in [-0.4, -0.2) is 16.1 Å². The summed E-state index contributed by atoms with van der Waals surface area (Å²) in [6.45, 7) is 1.64. The molecule has 1 rings (SSSR count). The van der Waals surface area contributed by atoms with Gasteiger partial charge in [0.2, 0.25) is 0 Å². The van der Waals surface area contributed by atoms with Gasteiger partial charge in [-0.15, -0.1) is 0 Å². The van der Waals surface area contributed by atoms with Crippen molar-refractivity contribution in [3.8, 4) is 0 Å². The van der Waals surface area contributed by atoms with E-state index < -0.39 is 5.97 Å². The molecule has 1 N–H and O–H groups in total. The lowest BCUT2D eigenvalue weighted by atomic mass is 10.2. The molecule has 1 aromatic heterocycles. The minimum absolute atomic E-state index is 0.235. The predicted octanol–water partition coefficient (Wildman–Crippen LogP) is 0.888. The predicted molar refractivity (Wildman–Crippen MR) is 34.8 cm³/mol. The molecule has 0 atom stereocenters. The number of hydrogen-bond donors (Lipinski definition) is 1. The molecule has 0 unspecified atom stereocenters. The smallest absolute Gasteiger partial charge is 0.337 e. The average Bonchev–Trinajstić information content (AvgIpc) is 1.88. The van der Waals surface area contributed by atoms with E-state index in [0.29, 0.717) is 5.69 Å². The fourth-order valence-electron chi connectivity index (χ4n) is 0.662. The number of rotatable bonds is 1. The quantitative estimate of drug-likeness (QED) is 0.623. The van der Waals surface area contributed by atoms with Gasteiger partial charge in [0, 0.05) is 0 Å². The third kappa shape index (κ3) is 1.13. The number of pyridine rings is 1. The van der Waals surface area contributed by atoms with Gasteiger partial charge in [0.1, 0.15) is 0 Å². The van der Waals surface area contributed by atoms with Crippen molar-refractivity contribution >= 4 is 5.97 Å². The monoisotopic (exact) mass is 136 g/mol. The minimum Gasteiger partial charge on any atom is -0.478 e. The van der Waals surface area contributed by atoms with E-state index in [1.165, 1.54) is 12.1 Å². The van der Waals surface area contributed by atoms with Crippen molar-refractivity contribution in [1.29, 1.82) is 0 Å². The van der Waals surface area contributed by atoms with Gasteiger partial charge in [0.05, 0.1) is 17.5 Å². The third-order valence-corrected chi connectivity index (χ3v) is 1.18. The SMILES string of the molecule is Cc1n[c]ccc1C(=O)O. The van der Waals surface area contributed by atoms with Crippen molar-refractivity contribution < 1.29 is 9.90 Å². The first-order valence-corrected chi connectivity index (χ1v) is 2.79. The van der Waals surface area contributed by atoms with Gasteiger partial charge in [-0.05, 0) is 19.1 Å². The number of aromatic nitrogens is 1. The Morgan fingerprint density at radius 1 is 1.80 bits per heavy atom. The van der Waals surface area contributed by atoms with Crippen LogP contribution in [0.5, 0.6) is 0 Å². The second-order valence-corrected chi connectivity index (χ2v) is 1.88. The van der Waals surface area contributed by atoms with Crippen LogP contribution in [0.1, 0.15) is 16.1 Å². The molecule has 3 nitrogen and oxygen atoms in total. The Morgan fingerprint density at radius 2 is 2.50 bits per heavy atom. The van der Waals surface area contributed by atoms with E-state index in [0.717, 1.165) is 0 Å². The second kappa shape index (κ2) is 2.47. The molecular formula is C7H6NO2. The second-order valence-electron chi connectivity index (χ2n) is 1.88. The summed E-state index contributed by atoms with van der Waals surface area (Å²) in [6.07, 6.45) is 2.54. The molecule has 51 valence electrons. The topological polar surface area (TPSA) is 50.2 Å². The van der Waals surface area contributed by atoms with Crippen molar-refractivity contribution in [2.24, 2.45) is 0 Å². The van der Waals surface area contributed by atoms with E-state index in [9.17, 15) is 4.79 Å². The van der Waals surface area contributed by atoms with Crippen LogP contribution >= 0.6 is 0 Å². The normalized spacial score (nSPS) is 9.30. The summed E-state index contributed by atoms with van der Waals surface area (Å²) in [4.78, 5) is 14.1. The van der Waals surface area contributed by atoms with Crippen LogP contribution in [-0.2, 0) is 0 Å². The number of aryl methyl sites for hydroxylation is 1. The standard InChI is InChI=1S/C7H6NO2/c1-5-6(7(9)10)3-2-4-8-5/h2-3H,1H3,(H,9,10). The molecular weight excluding hydrogens is 130 g/mol. The first-order valence-electron chi connectivity index (χ1n) is 2.79. The molecule has 10 heavy (non-hydrogen) atoms.